The third-order valence-corrected chi connectivity index (χ3v) is 13.4. The van der Waals surface area contributed by atoms with Crippen LogP contribution in [0.15, 0.2) is 102 Å². The van der Waals surface area contributed by atoms with Gasteiger partial charge in [-0.15, -0.1) is 0 Å². The molecule has 284 valence electrons. The number of nitrogens with one attached hydrogen (secondary N) is 1. The van der Waals surface area contributed by atoms with Crippen LogP contribution < -0.4 is 9.62 Å². The zero-order chi connectivity index (χ0) is 38.3. The van der Waals surface area contributed by atoms with Crippen molar-refractivity contribution in [1.29, 1.82) is 0 Å². The lowest BCUT2D eigenvalue weighted by molar-refractivity contribution is -0.385. The van der Waals surface area contributed by atoms with Gasteiger partial charge in [-0.2, -0.15) is 0 Å². The maximum absolute atomic E-state index is 13.5. The Morgan fingerprint density at radius 3 is 2.53 bits per heavy atom. The van der Waals surface area contributed by atoms with Crippen LogP contribution in [-0.2, 0) is 24.5 Å². The van der Waals surface area contributed by atoms with Crippen molar-refractivity contribution >= 4 is 56.3 Å². The zero-order valence-corrected chi connectivity index (χ0v) is 33.1. The second-order valence-corrected chi connectivity index (χ2v) is 17.3. The molecule has 2 fully saturated rings. The number of allylic oxidation sites excluding steroid dienone is 1. The van der Waals surface area contributed by atoms with Crippen molar-refractivity contribution in [3.05, 3.63) is 140 Å². The Hall–Kier alpha value is -4.77. The molecule has 3 aliphatic rings. The minimum Gasteiger partial charge on any atom is -0.369 e. The SMILES string of the molecule is C=C(NS(=O)c1ccc(C)c([N+](=O)[O-])c1)c1ccc(N2CCN(CC3=C(c4ccc(Cl)cc4)CC4(CCC4)CC3)CC2)cc1Cc1cnc2c(ccn2C)c1. The number of benzene rings is 3. The molecule has 9 nitrogen and oxygen atoms in total. The van der Waals surface area contributed by atoms with E-state index in [1.165, 1.54) is 50.2 Å². The molecule has 1 spiro atoms. The molecule has 0 bridgehead atoms. The van der Waals surface area contributed by atoms with Crippen LogP contribution in [0.25, 0.3) is 22.3 Å². The van der Waals surface area contributed by atoms with Crippen molar-refractivity contribution in [1.82, 2.24) is 19.2 Å². The van der Waals surface area contributed by atoms with Gasteiger partial charge in [-0.25, -0.2) is 9.19 Å². The van der Waals surface area contributed by atoms with E-state index in [2.05, 4.69) is 63.6 Å². The Morgan fingerprint density at radius 2 is 1.80 bits per heavy atom. The van der Waals surface area contributed by atoms with E-state index in [1.54, 1.807) is 30.2 Å². The maximum Gasteiger partial charge on any atom is 0.273 e. The summed E-state index contributed by atoms with van der Waals surface area (Å²) in [6.45, 7) is 10.8. The average Bonchev–Trinajstić information content (AvgIpc) is 3.54. The lowest BCUT2D eigenvalue weighted by Crippen LogP contribution is -2.47. The first-order valence-corrected chi connectivity index (χ1v) is 20.7. The van der Waals surface area contributed by atoms with Crippen molar-refractivity contribution in [2.45, 2.75) is 56.8 Å². The van der Waals surface area contributed by atoms with Crippen LogP contribution in [0.3, 0.4) is 0 Å². The van der Waals surface area contributed by atoms with Crippen molar-refractivity contribution in [2.24, 2.45) is 12.5 Å². The molecule has 3 aromatic carbocycles. The van der Waals surface area contributed by atoms with E-state index in [0.717, 1.165) is 71.2 Å². The molecule has 2 aromatic heterocycles. The molecule has 1 aliphatic heterocycles. The van der Waals surface area contributed by atoms with Gasteiger partial charge in [0.1, 0.15) is 5.65 Å². The van der Waals surface area contributed by atoms with Crippen LogP contribution in [0.1, 0.15) is 66.3 Å². The normalized spacial score (nSPS) is 17.7. The highest BCUT2D eigenvalue weighted by atomic mass is 35.5. The first kappa shape index (κ1) is 37.2. The van der Waals surface area contributed by atoms with Crippen LogP contribution in [0.2, 0.25) is 5.02 Å². The van der Waals surface area contributed by atoms with Gasteiger partial charge in [0.15, 0.2) is 11.0 Å². The summed E-state index contributed by atoms with van der Waals surface area (Å²) in [6, 6.07) is 23.8. The first-order chi connectivity index (χ1) is 26.5. The van der Waals surface area contributed by atoms with Crippen molar-refractivity contribution < 1.29 is 9.13 Å². The van der Waals surface area contributed by atoms with E-state index >= 15 is 0 Å². The van der Waals surface area contributed by atoms with E-state index in [1.807, 2.05) is 36.1 Å². The smallest absolute Gasteiger partial charge is 0.273 e. The van der Waals surface area contributed by atoms with Crippen molar-refractivity contribution in [3.63, 3.8) is 0 Å². The predicted molar refractivity (Wildman–Crippen MR) is 224 cm³/mol. The number of pyridine rings is 1. The number of nitro benzene ring substituents is 1. The highest BCUT2D eigenvalue weighted by Crippen LogP contribution is 2.55. The molecule has 0 radical (unpaired) electrons. The topological polar surface area (TPSA) is 96.5 Å². The molecule has 2 aliphatic carbocycles. The van der Waals surface area contributed by atoms with Gasteiger partial charge < -0.3 is 14.2 Å². The van der Waals surface area contributed by atoms with Gasteiger partial charge in [-0.1, -0.05) is 54.4 Å². The van der Waals surface area contributed by atoms with Crippen LogP contribution in [0, 0.1) is 22.5 Å². The third-order valence-electron chi connectivity index (χ3n) is 12.1. The second-order valence-electron chi connectivity index (χ2n) is 15.6. The van der Waals surface area contributed by atoms with Gasteiger partial charge in [0.25, 0.3) is 5.69 Å². The zero-order valence-electron chi connectivity index (χ0n) is 31.5. The maximum atomic E-state index is 13.5. The number of hydrogen-bond acceptors (Lipinski definition) is 6. The quantitative estimate of drug-likeness (QED) is 0.106. The summed E-state index contributed by atoms with van der Waals surface area (Å²) < 4.78 is 18.5. The highest BCUT2D eigenvalue weighted by Gasteiger charge is 2.41. The summed E-state index contributed by atoms with van der Waals surface area (Å²) in [5.74, 6) is 0. The largest absolute Gasteiger partial charge is 0.369 e. The Kier molecular flexibility index (Phi) is 10.4. The number of piperazine rings is 1. The van der Waals surface area contributed by atoms with E-state index in [4.69, 9.17) is 16.6 Å². The molecule has 8 rings (SSSR count). The molecule has 1 unspecified atom stereocenters. The molecule has 55 heavy (non-hydrogen) atoms. The van der Waals surface area contributed by atoms with Gasteiger partial charge in [0.05, 0.1) is 9.82 Å². The molecular formula is C44H47ClN6O3S. The third kappa shape index (κ3) is 7.86. The van der Waals surface area contributed by atoms with Gasteiger partial charge in [0, 0.05) is 91.2 Å². The van der Waals surface area contributed by atoms with Crippen LogP contribution >= 0.6 is 11.6 Å². The number of hydrogen-bond donors (Lipinski definition) is 1. The fourth-order valence-electron chi connectivity index (χ4n) is 8.69. The van der Waals surface area contributed by atoms with Gasteiger partial charge in [0.2, 0.25) is 0 Å². The molecule has 5 aromatic rings. The van der Waals surface area contributed by atoms with Crippen LogP contribution in [0.5, 0.6) is 0 Å². The number of aryl methyl sites for hydroxylation is 2. The molecule has 1 saturated carbocycles. The fraction of sp³-hybridized carbons (Fsp3) is 0.341. The summed E-state index contributed by atoms with van der Waals surface area (Å²) >= 11 is 6.29. The minimum atomic E-state index is -1.75. The van der Waals surface area contributed by atoms with Gasteiger partial charge in [-0.05, 0) is 116 Å². The number of nitro groups is 1. The van der Waals surface area contributed by atoms with Crippen molar-refractivity contribution in [2.75, 3.05) is 37.6 Å². The van der Waals surface area contributed by atoms with Crippen molar-refractivity contribution in [3.8, 4) is 0 Å². The summed E-state index contributed by atoms with van der Waals surface area (Å²) in [5.41, 5.74) is 10.9. The number of halogens is 1. The molecule has 1 saturated heterocycles. The summed E-state index contributed by atoms with van der Waals surface area (Å²) in [7, 11) is 0.241. The van der Waals surface area contributed by atoms with Crippen LogP contribution in [-0.4, -0.2) is 56.3 Å². The second kappa shape index (κ2) is 15.4. The lowest BCUT2D eigenvalue weighted by atomic mass is 9.59. The summed E-state index contributed by atoms with van der Waals surface area (Å²) in [5, 5.41) is 13.4. The van der Waals surface area contributed by atoms with E-state index in [-0.39, 0.29) is 5.69 Å². The Morgan fingerprint density at radius 1 is 1.02 bits per heavy atom. The van der Waals surface area contributed by atoms with E-state index in [9.17, 15) is 14.3 Å². The molecule has 1 atom stereocenters. The van der Waals surface area contributed by atoms with E-state index in [0.29, 0.717) is 28.0 Å². The molecular weight excluding hydrogens is 728 g/mol. The number of nitrogens with zero attached hydrogens (tertiary/aromatic N) is 5. The summed E-state index contributed by atoms with van der Waals surface area (Å²) in [4.78, 5) is 21.3. The summed E-state index contributed by atoms with van der Waals surface area (Å²) in [6.07, 6.45) is 12.3. The minimum absolute atomic E-state index is 0.0632. The number of anilines is 1. The molecule has 3 heterocycles. The first-order valence-electron chi connectivity index (χ1n) is 19.1. The Labute approximate surface area is 330 Å². The molecule has 1 N–H and O–H groups in total. The van der Waals surface area contributed by atoms with E-state index < -0.39 is 15.9 Å². The number of rotatable bonds is 11. The standard InChI is InChI=1S/C44H47ClN6O3S/c1-30-5-11-39(26-42(30)51(52)53)55(54)47-31(2)40-12-10-38(25-36(40)24-32-23-34-14-18-48(3)43(34)46-28-32)50-21-19-49(20-22-50)29-35-13-17-44(15-4-16-44)27-41(35)33-6-8-37(45)9-7-33/h5-12,14,18,23,25-26,28,47H,2,4,13,15-17,19-22,24,27,29H2,1,3H3. The van der Waals surface area contributed by atoms with Gasteiger partial charge in [-0.3, -0.25) is 15.0 Å². The Bertz CT molecular complexity index is 2340. The number of fused-ring (bicyclic) bond motifs is 1. The molecule has 11 heteroatoms. The Balaban J connectivity index is 1.01. The number of aromatic nitrogens is 2. The monoisotopic (exact) mass is 774 g/mol. The lowest BCUT2D eigenvalue weighted by Gasteiger charge is -2.47. The molecule has 0 amide bonds. The van der Waals surface area contributed by atoms with Gasteiger partial charge >= 0.3 is 0 Å². The fourth-order valence-corrected chi connectivity index (χ4v) is 9.67. The highest BCUT2D eigenvalue weighted by molar-refractivity contribution is 7.83. The average molecular weight is 775 g/mol. The van der Waals surface area contributed by atoms with Crippen LogP contribution in [0.4, 0.5) is 11.4 Å². The predicted octanol–water partition coefficient (Wildman–Crippen LogP) is 9.25.